The van der Waals surface area contributed by atoms with Crippen LogP contribution in [-0.4, -0.2) is 16.4 Å². The molecule has 4 nitrogen and oxygen atoms in total. The highest BCUT2D eigenvalue weighted by Crippen LogP contribution is 2.11. The summed E-state index contributed by atoms with van der Waals surface area (Å²) in [6, 6.07) is 6.88. The van der Waals surface area contributed by atoms with Crippen LogP contribution in [0.15, 0.2) is 35.4 Å². The molecule has 78 valence electrons. The number of phenolic OH excluding ortho intramolecular Hbond substituents is 1. The Labute approximate surface area is 93.1 Å². The van der Waals surface area contributed by atoms with Gasteiger partial charge in [-0.2, -0.15) is 5.10 Å². The van der Waals surface area contributed by atoms with Crippen molar-refractivity contribution in [3.63, 3.8) is 0 Å². The molecule has 1 aromatic rings. The van der Waals surface area contributed by atoms with Gasteiger partial charge >= 0.3 is 0 Å². The molecule has 5 heteroatoms. The summed E-state index contributed by atoms with van der Waals surface area (Å²) >= 11 is 4.55. The van der Waals surface area contributed by atoms with Gasteiger partial charge in [-0.3, -0.25) is 5.43 Å². The SMILES string of the molecule is NC(=S)N/N=C/C=C/c1cccc(O)c1. The van der Waals surface area contributed by atoms with E-state index in [9.17, 15) is 5.11 Å². The van der Waals surface area contributed by atoms with Crippen LogP contribution in [0.4, 0.5) is 0 Å². The second-order valence-electron chi connectivity index (χ2n) is 2.71. The summed E-state index contributed by atoms with van der Waals surface area (Å²) in [7, 11) is 0. The van der Waals surface area contributed by atoms with E-state index < -0.39 is 0 Å². The highest BCUT2D eigenvalue weighted by Gasteiger charge is 1.87. The maximum absolute atomic E-state index is 9.18. The third kappa shape index (κ3) is 4.78. The maximum Gasteiger partial charge on any atom is 0.184 e. The lowest BCUT2D eigenvalue weighted by molar-refractivity contribution is 0.475. The van der Waals surface area contributed by atoms with Crippen molar-refractivity contribution in [2.75, 3.05) is 0 Å². The summed E-state index contributed by atoms with van der Waals surface area (Å²) in [5, 5.41) is 13.0. The monoisotopic (exact) mass is 221 g/mol. The van der Waals surface area contributed by atoms with Crippen LogP contribution in [0.1, 0.15) is 5.56 Å². The third-order valence-corrected chi connectivity index (χ3v) is 1.59. The Morgan fingerprint density at radius 2 is 2.33 bits per heavy atom. The van der Waals surface area contributed by atoms with Crippen molar-refractivity contribution < 1.29 is 5.11 Å². The Morgan fingerprint density at radius 3 is 3.00 bits per heavy atom. The quantitative estimate of drug-likeness (QED) is 0.408. The van der Waals surface area contributed by atoms with Gasteiger partial charge in [-0.05, 0) is 36.0 Å². The van der Waals surface area contributed by atoms with Crippen molar-refractivity contribution in [1.29, 1.82) is 0 Å². The number of nitrogens with zero attached hydrogens (tertiary/aromatic N) is 1. The molecule has 0 aliphatic carbocycles. The van der Waals surface area contributed by atoms with Crippen LogP contribution in [0, 0.1) is 0 Å². The number of hydrazone groups is 1. The average molecular weight is 221 g/mol. The van der Waals surface area contributed by atoms with Gasteiger partial charge in [0, 0.05) is 6.21 Å². The molecule has 0 heterocycles. The summed E-state index contributed by atoms with van der Waals surface area (Å²) < 4.78 is 0. The molecule has 0 saturated carbocycles. The molecule has 0 aliphatic rings. The van der Waals surface area contributed by atoms with Crippen molar-refractivity contribution in [3.05, 3.63) is 35.9 Å². The van der Waals surface area contributed by atoms with Crippen LogP contribution in [-0.2, 0) is 0 Å². The minimum absolute atomic E-state index is 0.122. The van der Waals surface area contributed by atoms with E-state index in [1.54, 1.807) is 30.4 Å². The van der Waals surface area contributed by atoms with Gasteiger partial charge in [0.15, 0.2) is 5.11 Å². The second kappa shape index (κ2) is 5.77. The zero-order chi connectivity index (χ0) is 11.1. The summed E-state index contributed by atoms with van der Waals surface area (Å²) in [4.78, 5) is 0. The molecule has 0 fully saturated rings. The Balaban J connectivity index is 2.51. The Kier molecular flexibility index (Phi) is 4.30. The first-order valence-corrected chi connectivity index (χ1v) is 4.63. The first-order valence-electron chi connectivity index (χ1n) is 4.22. The zero-order valence-electron chi connectivity index (χ0n) is 7.92. The van der Waals surface area contributed by atoms with E-state index in [0.717, 1.165) is 5.56 Å². The van der Waals surface area contributed by atoms with Gasteiger partial charge in [0.05, 0.1) is 0 Å². The first-order chi connectivity index (χ1) is 7.18. The predicted octanol–water partition coefficient (Wildman–Crippen LogP) is 1.22. The summed E-state index contributed by atoms with van der Waals surface area (Å²) in [6.07, 6.45) is 5.02. The molecule has 0 atom stereocenters. The lowest BCUT2D eigenvalue weighted by Crippen LogP contribution is -2.23. The molecule has 0 radical (unpaired) electrons. The minimum atomic E-state index is 0.122. The Hall–Kier alpha value is -1.88. The fourth-order valence-electron chi connectivity index (χ4n) is 0.927. The average Bonchev–Trinajstić information content (AvgIpc) is 2.17. The summed E-state index contributed by atoms with van der Waals surface area (Å²) in [5.74, 6) is 0.232. The normalized spacial score (nSPS) is 10.9. The van der Waals surface area contributed by atoms with Crippen molar-refractivity contribution in [2.24, 2.45) is 10.8 Å². The molecular formula is C10H11N3OS. The van der Waals surface area contributed by atoms with Crippen LogP contribution in [0.3, 0.4) is 0 Å². The van der Waals surface area contributed by atoms with E-state index in [4.69, 9.17) is 5.73 Å². The molecule has 0 amide bonds. The Morgan fingerprint density at radius 1 is 1.53 bits per heavy atom. The molecule has 0 saturated heterocycles. The molecular weight excluding hydrogens is 210 g/mol. The number of hydrogen-bond donors (Lipinski definition) is 3. The van der Waals surface area contributed by atoms with Gasteiger partial charge in [0.2, 0.25) is 0 Å². The lowest BCUT2D eigenvalue weighted by Gasteiger charge is -1.93. The number of rotatable bonds is 3. The zero-order valence-corrected chi connectivity index (χ0v) is 8.74. The highest BCUT2D eigenvalue weighted by molar-refractivity contribution is 7.80. The summed E-state index contributed by atoms with van der Waals surface area (Å²) in [6.45, 7) is 0. The fourth-order valence-corrected chi connectivity index (χ4v) is 0.979. The largest absolute Gasteiger partial charge is 0.508 e. The first kappa shape index (κ1) is 11.2. The molecule has 4 N–H and O–H groups in total. The summed E-state index contributed by atoms with van der Waals surface area (Å²) in [5.41, 5.74) is 8.46. The van der Waals surface area contributed by atoms with E-state index in [2.05, 4.69) is 22.7 Å². The second-order valence-corrected chi connectivity index (χ2v) is 3.15. The van der Waals surface area contributed by atoms with Gasteiger partial charge in [0.25, 0.3) is 0 Å². The van der Waals surface area contributed by atoms with E-state index in [0.29, 0.717) is 0 Å². The molecule has 1 rings (SSSR count). The number of nitrogens with one attached hydrogen (secondary N) is 1. The predicted molar refractivity (Wildman–Crippen MR) is 65.6 cm³/mol. The van der Waals surface area contributed by atoms with Crippen molar-refractivity contribution >= 4 is 29.6 Å². The lowest BCUT2D eigenvalue weighted by atomic mass is 10.2. The number of hydrogen-bond acceptors (Lipinski definition) is 3. The van der Waals surface area contributed by atoms with Crippen LogP contribution in [0.2, 0.25) is 0 Å². The van der Waals surface area contributed by atoms with Gasteiger partial charge in [-0.25, -0.2) is 0 Å². The number of allylic oxidation sites excluding steroid dienone is 1. The van der Waals surface area contributed by atoms with E-state index in [1.165, 1.54) is 6.21 Å². The van der Waals surface area contributed by atoms with E-state index in [-0.39, 0.29) is 10.9 Å². The molecule has 0 spiro atoms. The van der Waals surface area contributed by atoms with Gasteiger partial charge in [-0.1, -0.05) is 18.2 Å². The molecule has 0 aliphatic heterocycles. The molecule has 0 aromatic heterocycles. The van der Waals surface area contributed by atoms with E-state index >= 15 is 0 Å². The van der Waals surface area contributed by atoms with E-state index in [1.807, 2.05) is 6.07 Å². The van der Waals surface area contributed by atoms with Crippen molar-refractivity contribution in [3.8, 4) is 5.75 Å². The van der Waals surface area contributed by atoms with Crippen molar-refractivity contribution in [2.45, 2.75) is 0 Å². The number of aromatic hydroxyl groups is 1. The van der Waals surface area contributed by atoms with Gasteiger partial charge < -0.3 is 10.8 Å². The van der Waals surface area contributed by atoms with Crippen LogP contribution >= 0.6 is 12.2 Å². The molecule has 0 unspecified atom stereocenters. The maximum atomic E-state index is 9.18. The van der Waals surface area contributed by atoms with Crippen LogP contribution in [0.5, 0.6) is 5.75 Å². The van der Waals surface area contributed by atoms with Crippen molar-refractivity contribution in [1.82, 2.24) is 5.43 Å². The minimum Gasteiger partial charge on any atom is -0.508 e. The smallest absolute Gasteiger partial charge is 0.184 e. The topological polar surface area (TPSA) is 70.6 Å². The molecule has 15 heavy (non-hydrogen) atoms. The Bertz CT molecular complexity index is 401. The van der Waals surface area contributed by atoms with Gasteiger partial charge in [0.1, 0.15) is 5.75 Å². The number of benzene rings is 1. The number of thiocarbonyl (C=S) groups is 1. The van der Waals surface area contributed by atoms with Crippen LogP contribution in [0.25, 0.3) is 6.08 Å². The van der Waals surface area contributed by atoms with Crippen LogP contribution < -0.4 is 11.2 Å². The number of phenols is 1. The highest BCUT2D eigenvalue weighted by atomic mass is 32.1. The third-order valence-electron chi connectivity index (χ3n) is 1.49. The molecule has 1 aromatic carbocycles. The number of nitrogens with two attached hydrogens (primary N) is 1. The fraction of sp³-hybridized carbons (Fsp3) is 0. The van der Waals surface area contributed by atoms with Gasteiger partial charge in [-0.15, -0.1) is 0 Å². The molecule has 0 bridgehead atoms. The standard InChI is InChI=1S/C10H11N3OS/c11-10(15)13-12-6-2-4-8-3-1-5-9(14)7-8/h1-7,14H,(H3,11,13,15)/b4-2+,12-6+.